The minimum absolute atomic E-state index is 0.217. The summed E-state index contributed by atoms with van der Waals surface area (Å²) in [5, 5.41) is 0.462. The van der Waals surface area contributed by atoms with Crippen LogP contribution in [0.5, 0.6) is 11.5 Å². The highest BCUT2D eigenvalue weighted by molar-refractivity contribution is 7.16. The highest BCUT2D eigenvalue weighted by atomic mass is 32.1. The zero-order valence-corrected chi connectivity index (χ0v) is 19.5. The van der Waals surface area contributed by atoms with E-state index in [1.165, 1.54) is 11.3 Å². The standard InChI is InChI=1S/C25H26N2O5S/c1-3-30-24(29)22-17(2)33-25(26-22)27(13-12-18-8-5-4-6-9-18)23(28)19-10-11-20-21(16-19)32-15-7-14-31-20/h4-6,8-11,16H,3,7,12-15H2,1-2H3. The van der Waals surface area contributed by atoms with E-state index in [-0.39, 0.29) is 18.2 Å². The summed E-state index contributed by atoms with van der Waals surface area (Å²) in [5.74, 6) is 0.493. The molecule has 0 saturated carbocycles. The van der Waals surface area contributed by atoms with Gasteiger partial charge >= 0.3 is 5.97 Å². The summed E-state index contributed by atoms with van der Waals surface area (Å²) < 4.78 is 16.6. The van der Waals surface area contributed by atoms with Crippen LogP contribution in [0.25, 0.3) is 0 Å². The first-order chi connectivity index (χ1) is 16.1. The number of hydrogen-bond acceptors (Lipinski definition) is 7. The van der Waals surface area contributed by atoms with Crippen LogP contribution in [0.1, 0.15) is 44.6 Å². The highest BCUT2D eigenvalue weighted by Gasteiger charge is 2.26. The largest absolute Gasteiger partial charge is 0.490 e. The van der Waals surface area contributed by atoms with Gasteiger partial charge in [0.05, 0.1) is 19.8 Å². The second-order valence-corrected chi connectivity index (χ2v) is 8.71. The van der Waals surface area contributed by atoms with Crippen LogP contribution in [-0.2, 0) is 11.2 Å². The number of fused-ring (bicyclic) bond motifs is 1. The van der Waals surface area contributed by atoms with Crippen molar-refractivity contribution in [3.63, 3.8) is 0 Å². The Labute approximate surface area is 196 Å². The van der Waals surface area contributed by atoms with E-state index in [0.717, 1.165) is 12.0 Å². The lowest BCUT2D eigenvalue weighted by atomic mass is 10.1. The van der Waals surface area contributed by atoms with Gasteiger partial charge in [-0.3, -0.25) is 9.69 Å². The number of thiazole rings is 1. The highest BCUT2D eigenvalue weighted by Crippen LogP contribution is 2.33. The number of aryl methyl sites for hydroxylation is 1. The van der Waals surface area contributed by atoms with E-state index in [4.69, 9.17) is 14.2 Å². The number of anilines is 1. The number of carbonyl (C=O) groups excluding carboxylic acids is 2. The van der Waals surface area contributed by atoms with Gasteiger partial charge in [0.1, 0.15) is 0 Å². The Hall–Kier alpha value is -3.39. The van der Waals surface area contributed by atoms with Crippen molar-refractivity contribution < 1.29 is 23.8 Å². The number of hydrogen-bond donors (Lipinski definition) is 0. The van der Waals surface area contributed by atoms with Gasteiger partial charge in [0.15, 0.2) is 22.3 Å². The van der Waals surface area contributed by atoms with Crippen molar-refractivity contribution in [1.29, 1.82) is 0 Å². The smallest absolute Gasteiger partial charge is 0.358 e. The summed E-state index contributed by atoms with van der Waals surface area (Å²) in [5.41, 5.74) is 1.82. The minimum atomic E-state index is -0.483. The van der Waals surface area contributed by atoms with Gasteiger partial charge in [-0.1, -0.05) is 30.3 Å². The summed E-state index contributed by atoms with van der Waals surface area (Å²) in [4.78, 5) is 32.7. The van der Waals surface area contributed by atoms with Gasteiger partial charge in [-0.25, -0.2) is 9.78 Å². The first kappa shape index (κ1) is 22.8. The second kappa shape index (κ2) is 10.5. The van der Waals surface area contributed by atoms with Gasteiger partial charge in [-0.15, -0.1) is 11.3 Å². The Morgan fingerprint density at radius 3 is 2.61 bits per heavy atom. The maximum absolute atomic E-state index is 13.6. The van der Waals surface area contributed by atoms with Crippen molar-refractivity contribution in [3.8, 4) is 11.5 Å². The van der Waals surface area contributed by atoms with Crippen molar-refractivity contribution in [3.05, 3.63) is 70.2 Å². The SMILES string of the molecule is CCOC(=O)c1nc(N(CCc2ccccc2)C(=O)c2ccc3c(c2)OCCCO3)sc1C. The van der Waals surface area contributed by atoms with Crippen molar-refractivity contribution in [1.82, 2.24) is 4.98 Å². The van der Waals surface area contributed by atoms with E-state index in [1.807, 2.05) is 30.3 Å². The lowest BCUT2D eigenvalue weighted by Crippen LogP contribution is -2.33. The van der Waals surface area contributed by atoms with Crippen LogP contribution < -0.4 is 14.4 Å². The first-order valence-corrected chi connectivity index (χ1v) is 11.8. The molecule has 0 bridgehead atoms. The molecule has 1 amide bonds. The van der Waals surface area contributed by atoms with Crippen LogP contribution in [0.15, 0.2) is 48.5 Å². The van der Waals surface area contributed by atoms with Crippen LogP contribution in [0.4, 0.5) is 5.13 Å². The topological polar surface area (TPSA) is 78.0 Å². The van der Waals surface area contributed by atoms with E-state index >= 15 is 0 Å². The molecule has 0 fully saturated rings. The summed E-state index contributed by atoms with van der Waals surface area (Å²) in [7, 11) is 0. The fourth-order valence-electron chi connectivity index (χ4n) is 3.51. The Morgan fingerprint density at radius 2 is 1.85 bits per heavy atom. The zero-order chi connectivity index (χ0) is 23.2. The van der Waals surface area contributed by atoms with Crippen molar-refractivity contribution in [2.75, 3.05) is 31.3 Å². The van der Waals surface area contributed by atoms with E-state index in [1.54, 1.807) is 36.9 Å². The number of aromatic nitrogens is 1. The van der Waals surface area contributed by atoms with Gasteiger partial charge in [0.25, 0.3) is 5.91 Å². The summed E-state index contributed by atoms with van der Waals surface area (Å²) in [6.07, 6.45) is 1.43. The van der Waals surface area contributed by atoms with Gasteiger partial charge in [-0.2, -0.15) is 0 Å². The predicted molar refractivity (Wildman–Crippen MR) is 127 cm³/mol. The molecular formula is C25H26N2O5S. The van der Waals surface area contributed by atoms with Crippen molar-refractivity contribution >= 4 is 28.3 Å². The molecule has 0 unspecified atom stereocenters. The van der Waals surface area contributed by atoms with Gasteiger partial charge in [0, 0.05) is 23.4 Å². The maximum atomic E-state index is 13.6. The number of rotatable bonds is 7. The molecular weight excluding hydrogens is 440 g/mol. The van der Waals surface area contributed by atoms with E-state index < -0.39 is 5.97 Å². The number of nitrogens with zero attached hydrogens (tertiary/aromatic N) is 2. The van der Waals surface area contributed by atoms with Gasteiger partial charge in [-0.05, 0) is 44.0 Å². The Kier molecular flexibility index (Phi) is 7.24. The van der Waals surface area contributed by atoms with Gasteiger partial charge in [0.2, 0.25) is 0 Å². The molecule has 0 N–H and O–H groups in total. The molecule has 172 valence electrons. The minimum Gasteiger partial charge on any atom is -0.490 e. The molecule has 8 heteroatoms. The van der Waals surface area contributed by atoms with E-state index in [2.05, 4.69) is 4.98 Å². The molecule has 2 heterocycles. The third-order valence-electron chi connectivity index (χ3n) is 5.19. The normalized spacial score (nSPS) is 12.7. The molecule has 4 rings (SSSR count). The Bertz CT molecular complexity index is 1130. The number of esters is 1. The van der Waals surface area contributed by atoms with Crippen LogP contribution >= 0.6 is 11.3 Å². The fraction of sp³-hybridized carbons (Fsp3) is 0.320. The second-order valence-electron chi connectivity index (χ2n) is 7.53. The van der Waals surface area contributed by atoms with E-state index in [9.17, 15) is 9.59 Å². The zero-order valence-electron chi connectivity index (χ0n) is 18.7. The molecule has 0 radical (unpaired) electrons. The fourth-order valence-corrected chi connectivity index (χ4v) is 4.43. The Morgan fingerprint density at radius 1 is 1.09 bits per heavy atom. The molecule has 1 aliphatic rings. The molecule has 3 aromatic rings. The quantitative estimate of drug-likeness (QED) is 0.471. The lowest BCUT2D eigenvalue weighted by molar-refractivity contribution is 0.0519. The lowest BCUT2D eigenvalue weighted by Gasteiger charge is -2.21. The van der Waals surface area contributed by atoms with Crippen LogP contribution in [-0.4, -0.2) is 43.2 Å². The number of benzene rings is 2. The summed E-state index contributed by atoms with van der Waals surface area (Å²) in [6, 6.07) is 15.2. The van der Waals surface area contributed by atoms with Crippen LogP contribution in [0.2, 0.25) is 0 Å². The number of carbonyl (C=O) groups is 2. The first-order valence-electron chi connectivity index (χ1n) is 11.0. The molecule has 1 aliphatic heterocycles. The molecule has 7 nitrogen and oxygen atoms in total. The maximum Gasteiger partial charge on any atom is 0.358 e. The van der Waals surface area contributed by atoms with Crippen molar-refractivity contribution in [2.24, 2.45) is 0 Å². The predicted octanol–water partition coefficient (Wildman–Crippen LogP) is 4.68. The summed E-state index contributed by atoms with van der Waals surface area (Å²) in [6.45, 7) is 5.35. The third kappa shape index (κ3) is 5.34. The van der Waals surface area contributed by atoms with Crippen molar-refractivity contribution in [2.45, 2.75) is 26.7 Å². The number of ether oxygens (including phenoxy) is 3. The van der Waals surface area contributed by atoms with Crippen LogP contribution in [0, 0.1) is 6.92 Å². The molecule has 0 spiro atoms. The van der Waals surface area contributed by atoms with Crippen LogP contribution in [0.3, 0.4) is 0 Å². The average molecular weight is 467 g/mol. The number of amides is 1. The molecule has 33 heavy (non-hydrogen) atoms. The summed E-state index contributed by atoms with van der Waals surface area (Å²) >= 11 is 1.30. The van der Waals surface area contributed by atoms with Gasteiger partial charge < -0.3 is 14.2 Å². The van der Waals surface area contributed by atoms with E-state index in [0.29, 0.717) is 53.3 Å². The molecule has 0 aliphatic carbocycles. The monoisotopic (exact) mass is 466 g/mol. The molecule has 2 aromatic carbocycles. The molecule has 0 atom stereocenters. The molecule has 0 saturated heterocycles. The average Bonchev–Trinajstić information content (AvgIpc) is 3.05. The molecule has 1 aromatic heterocycles. The third-order valence-corrected chi connectivity index (χ3v) is 6.19. The Balaban J connectivity index is 1.65.